The molecule has 1 atom stereocenters. The molecular formula is C32H34ClN5O3. The number of nitriles is 1. The highest BCUT2D eigenvalue weighted by Crippen LogP contribution is 2.37. The van der Waals surface area contributed by atoms with Crippen molar-refractivity contribution in [3.63, 3.8) is 0 Å². The number of piperidine rings is 1. The lowest BCUT2D eigenvalue weighted by atomic mass is 9.98. The smallest absolute Gasteiger partial charge is 0.321 e. The molecule has 0 saturated carbocycles. The molecule has 3 fully saturated rings. The first-order chi connectivity index (χ1) is 20.1. The number of ether oxygens (including phenoxy) is 2. The minimum atomic E-state index is 0.00782. The van der Waals surface area contributed by atoms with E-state index in [1.54, 1.807) is 24.3 Å². The summed E-state index contributed by atoms with van der Waals surface area (Å²) in [4.78, 5) is 25.0. The van der Waals surface area contributed by atoms with Crippen molar-refractivity contribution in [3.05, 3.63) is 88.6 Å². The molecule has 41 heavy (non-hydrogen) atoms. The van der Waals surface area contributed by atoms with Gasteiger partial charge in [-0.1, -0.05) is 29.8 Å². The Morgan fingerprint density at radius 3 is 2.46 bits per heavy atom. The van der Waals surface area contributed by atoms with E-state index in [2.05, 4.69) is 31.8 Å². The van der Waals surface area contributed by atoms with E-state index < -0.39 is 0 Å². The Hall–Kier alpha value is -3.64. The van der Waals surface area contributed by atoms with Gasteiger partial charge in [-0.15, -0.1) is 0 Å². The molecule has 0 spiro atoms. The second kappa shape index (κ2) is 12.5. The molecule has 0 bridgehead atoms. The Labute approximate surface area is 246 Å². The van der Waals surface area contributed by atoms with E-state index >= 15 is 0 Å². The quantitative estimate of drug-likeness (QED) is 0.345. The predicted molar refractivity (Wildman–Crippen MR) is 156 cm³/mol. The SMILES string of the molecule is N#Cc1ccc(Oc2ccc(CN3CCC(N4C(=O)N(C5CCOCC5)CC4c4cccc(Cl)c4)CC3)cn2)cc1. The molecule has 4 heterocycles. The minimum Gasteiger partial charge on any atom is -0.439 e. The number of pyridine rings is 1. The molecule has 3 aromatic rings. The first kappa shape index (κ1) is 27.5. The van der Waals surface area contributed by atoms with E-state index in [4.69, 9.17) is 26.3 Å². The summed E-state index contributed by atoms with van der Waals surface area (Å²) >= 11 is 6.37. The van der Waals surface area contributed by atoms with Crippen LogP contribution in [-0.4, -0.2) is 70.6 Å². The second-order valence-corrected chi connectivity index (χ2v) is 11.4. The monoisotopic (exact) mass is 571 g/mol. The first-order valence-corrected chi connectivity index (χ1v) is 14.7. The van der Waals surface area contributed by atoms with Crippen LogP contribution >= 0.6 is 11.6 Å². The fourth-order valence-electron chi connectivity index (χ4n) is 6.22. The topological polar surface area (TPSA) is 81.9 Å². The van der Waals surface area contributed by atoms with Crippen LogP contribution in [0.3, 0.4) is 0 Å². The second-order valence-electron chi connectivity index (χ2n) is 11.0. The molecule has 1 unspecified atom stereocenters. The summed E-state index contributed by atoms with van der Waals surface area (Å²) in [5, 5.41) is 9.66. The number of carbonyl (C=O) groups is 1. The predicted octanol–water partition coefficient (Wildman–Crippen LogP) is 6.02. The standard InChI is InChI=1S/C32H34ClN5O3/c33-26-3-1-2-25(18-26)30-22-37(27-12-16-40-17-13-27)32(39)38(30)28-10-14-36(15-11-28)21-24-6-9-31(35-20-24)41-29-7-4-23(19-34)5-8-29/h1-9,18,20,27-28,30H,10-17,21-22H2. The molecule has 3 aliphatic heterocycles. The van der Waals surface area contributed by atoms with Gasteiger partial charge in [0.15, 0.2) is 0 Å². The Bertz CT molecular complexity index is 1380. The highest BCUT2D eigenvalue weighted by atomic mass is 35.5. The summed E-state index contributed by atoms with van der Waals surface area (Å²) in [6.07, 6.45) is 5.50. The maximum Gasteiger partial charge on any atom is 0.321 e. The van der Waals surface area contributed by atoms with Gasteiger partial charge in [0.25, 0.3) is 0 Å². The van der Waals surface area contributed by atoms with Crippen molar-refractivity contribution in [2.75, 3.05) is 32.8 Å². The van der Waals surface area contributed by atoms with Crippen molar-refractivity contribution in [1.82, 2.24) is 19.7 Å². The number of hydrogen-bond acceptors (Lipinski definition) is 6. The van der Waals surface area contributed by atoms with Crippen molar-refractivity contribution >= 4 is 17.6 Å². The third-order valence-electron chi connectivity index (χ3n) is 8.40. The van der Waals surface area contributed by atoms with E-state index in [9.17, 15) is 4.79 Å². The maximum absolute atomic E-state index is 13.9. The van der Waals surface area contributed by atoms with Gasteiger partial charge in [-0.2, -0.15) is 5.26 Å². The Morgan fingerprint density at radius 2 is 1.78 bits per heavy atom. The molecule has 8 nitrogen and oxygen atoms in total. The lowest BCUT2D eigenvalue weighted by Gasteiger charge is -2.39. The molecule has 2 amide bonds. The first-order valence-electron chi connectivity index (χ1n) is 14.3. The van der Waals surface area contributed by atoms with Crippen molar-refractivity contribution in [3.8, 4) is 17.7 Å². The van der Waals surface area contributed by atoms with Crippen LogP contribution in [0.4, 0.5) is 4.79 Å². The van der Waals surface area contributed by atoms with E-state index in [-0.39, 0.29) is 24.2 Å². The molecule has 3 saturated heterocycles. The van der Waals surface area contributed by atoms with Crippen molar-refractivity contribution < 1.29 is 14.3 Å². The van der Waals surface area contributed by atoms with Crippen LogP contribution in [0.1, 0.15) is 48.4 Å². The highest BCUT2D eigenvalue weighted by Gasteiger charge is 2.45. The van der Waals surface area contributed by atoms with Gasteiger partial charge in [0.1, 0.15) is 5.75 Å². The molecule has 3 aliphatic rings. The minimum absolute atomic E-state index is 0.00782. The summed E-state index contributed by atoms with van der Waals surface area (Å²) in [7, 11) is 0. The largest absolute Gasteiger partial charge is 0.439 e. The lowest BCUT2D eigenvalue weighted by Crippen LogP contribution is -2.48. The van der Waals surface area contributed by atoms with Gasteiger partial charge in [0.2, 0.25) is 5.88 Å². The molecule has 0 N–H and O–H groups in total. The van der Waals surface area contributed by atoms with Crippen LogP contribution < -0.4 is 4.74 Å². The molecule has 2 aromatic carbocycles. The Morgan fingerprint density at radius 1 is 1.00 bits per heavy atom. The van der Waals surface area contributed by atoms with Crippen LogP contribution in [0, 0.1) is 11.3 Å². The van der Waals surface area contributed by atoms with E-state index in [0.717, 1.165) is 56.4 Å². The third-order valence-corrected chi connectivity index (χ3v) is 8.63. The number of hydrogen-bond donors (Lipinski definition) is 0. The normalized spacial score (nSPS) is 20.8. The number of nitrogens with zero attached hydrogens (tertiary/aromatic N) is 5. The molecular weight excluding hydrogens is 538 g/mol. The van der Waals surface area contributed by atoms with Crippen LogP contribution in [0.5, 0.6) is 11.6 Å². The zero-order valence-electron chi connectivity index (χ0n) is 23.0. The summed E-state index contributed by atoms with van der Waals surface area (Å²) in [6, 6.07) is 21.6. The lowest BCUT2D eigenvalue weighted by molar-refractivity contribution is 0.0493. The number of amides is 2. The molecule has 212 valence electrons. The van der Waals surface area contributed by atoms with Gasteiger partial charge >= 0.3 is 6.03 Å². The highest BCUT2D eigenvalue weighted by molar-refractivity contribution is 6.30. The van der Waals surface area contributed by atoms with Crippen LogP contribution in [-0.2, 0) is 11.3 Å². The van der Waals surface area contributed by atoms with Gasteiger partial charge in [0.05, 0.1) is 17.7 Å². The fourth-order valence-corrected chi connectivity index (χ4v) is 6.42. The number of rotatable bonds is 7. The van der Waals surface area contributed by atoms with Gasteiger partial charge in [-0.05, 0) is 73.2 Å². The van der Waals surface area contributed by atoms with E-state index in [1.165, 1.54) is 0 Å². The van der Waals surface area contributed by atoms with E-state index in [0.29, 0.717) is 42.0 Å². The molecule has 0 radical (unpaired) electrons. The summed E-state index contributed by atoms with van der Waals surface area (Å²) in [6.45, 7) is 4.76. The molecule has 9 heteroatoms. The average Bonchev–Trinajstić information content (AvgIpc) is 3.36. The van der Waals surface area contributed by atoms with Crippen LogP contribution in [0.25, 0.3) is 0 Å². The number of benzene rings is 2. The number of halogens is 1. The number of carbonyl (C=O) groups excluding carboxylic acids is 1. The number of urea groups is 1. The summed E-state index contributed by atoms with van der Waals surface area (Å²) in [5.74, 6) is 1.17. The van der Waals surface area contributed by atoms with E-state index in [1.807, 2.05) is 36.5 Å². The zero-order chi connectivity index (χ0) is 28.2. The Kier molecular flexibility index (Phi) is 8.38. The molecule has 1 aromatic heterocycles. The number of aromatic nitrogens is 1. The van der Waals surface area contributed by atoms with Crippen molar-refractivity contribution in [2.45, 2.75) is 50.4 Å². The van der Waals surface area contributed by atoms with Gasteiger partial charge < -0.3 is 19.3 Å². The summed E-state index contributed by atoms with van der Waals surface area (Å²) in [5.41, 5.74) is 2.82. The summed E-state index contributed by atoms with van der Waals surface area (Å²) < 4.78 is 11.4. The maximum atomic E-state index is 13.9. The van der Waals surface area contributed by atoms with Gasteiger partial charge in [-0.25, -0.2) is 9.78 Å². The fraction of sp³-hybridized carbons (Fsp3) is 0.406. The Balaban J connectivity index is 1.08. The van der Waals surface area contributed by atoms with Crippen molar-refractivity contribution in [2.24, 2.45) is 0 Å². The third kappa shape index (κ3) is 6.33. The molecule has 0 aliphatic carbocycles. The average molecular weight is 572 g/mol. The number of likely N-dealkylation sites (tertiary alicyclic amines) is 1. The molecule has 6 rings (SSSR count). The van der Waals surface area contributed by atoms with Crippen molar-refractivity contribution in [1.29, 1.82) is 5.26 Å². The van der Waals surface area contributed by atoms with Crippen LogP contribution in [0.15, 0.2) is 66.9 Å². The van der Waals surface area contributed by atoms with Gasteiger partial charge in [-0.3, -0.25) is 4.90 Å². The van der Waals surface area contributed by atoms with Gasteiger partial charge in [0, 0.05) is 68.8 Å². The van der Waals surface area contributed by atoms with Crippen LogP contribution in [0.2, 0.25) is 5.02 Å². The zero-order valence-corrected chi connectivity index (χ0v) is 23.7.